The smallest absolute Gasteiger partial charge is 0.287 e. The topological polar surface area (TPSA) is 42.2 Å². The van der Waals surface area contributed by atoms with E-state index >= 15 is 0 Å². The number of benzene rings is 2. The second kappa shape index (κ2) is 5.40. The normalized spacial score (nSPS) is 12.3. The Bertz CT molecular complexity index is 744. The largest absolute Gasteiger partial charge is 0.451 e. The van der Waals surface area contributed by atoms with Gasteiger partial charge in [0.25, 0.3) is 5.91 Å². The van der Waals surface area contributed by atoms with Crippen molar-refractivity contribution in [1.29, 1.82) is 0 Å². The first-order valence-corrected chi connectivity index (χ1v) is 6.68. The number of halogens is 1. The molecule has 0 saturated heterocycles. The van der Waals surface area contributed by atoms with Gasteiger partial charge in [0.05, 0.1) is 6.04 Å². The van der Waals surface area contributed by atoms with Gasteiger partial charge in [-0.05, 0) is 36.8 Å². The number of carbonyl (C=O) groups excluding carboxylic acids is 1. The lowest BCUT2D eigenvalue weighted by Crippen LogP contribution is -2.26. The third-order valence-corrected chi connectivity index (χ3v) is 3.37. The zero-order chi connectivity index (χ0) is 14.8. The first kappa shape index (κ1) is 13.4. The maximum Gasteiger partial charge on any atom is 0.287 e. The molecule has 1 aromatic heterocycles. The van der Waals surface area contributed by atoms with Gasteiger partial charge in [0.1, 0.15) is 11.4 Å². The maximum absolute atomic E-state index is 12.9. The molecule has 0 fully saturated rings. The number of furan rings is 1. The lowest BCUT2D eigenvalue weighted by Gasteiger charge is -2.13. The monoisotopic (exact) mass is 283 g/mol. The van der Waals surface area contributed by atoms with Gasteiger partial charge in [-0.2, -0.15) is 0 Å². The van der Waals surface area contributed by atoms with Crippen LogP contribution in [-0.4, -0.2) is 5.91 Å². The van der Waals surface area contributed by atoms with Gasteiger partial charge in [-0.15, -0.1) is 0 Å². The SMILES string of the molecule is CC(NC(=O)c1cc2ccccc2o1)c1ccc(F)cc1. The molecule has 0 radical (unpaired) electrons. The third-order valence-electron chi connectivity index (χ3n) is 3.37. The van der Waals surface area contributed by atoms with E-state index in [-0.39, 0.29) is 23.5 Å². The molecule has 3 aromatic rings. The number of hydrogen-bond acceptors (Lipinski definition) is 2. The molecule has 3 nitrogen and oxygen atoms in total. The molecule has 1 amide bonds. The van der Waals surface area contributed by atoms with E-state index < -0.39 is 0 Å². The summed E-state index contributed by atoms with van der Waals surface area (Å²) < 4.78 is 18.4. The van der Waals surface area contributed by atoms with E-state index in [0.717, 1.165) is 10.9 Å². The van der Waals surface area contributed by atoms with Crippen LogP contribution in [0.1, 0.15) is 29.1 Å². The second-order valence-corrected chi connectivity index (χ2v) is 4.90. The summed E-state index contributed by atoms with van der Waals surface area (Å²) in [6.07, 6.45) is 0. The Morgan fingerprint density at radius 1 is 1.14 bits per heavy atom. The van der Waals surface area contributed by atoms with Crippen LogP contribution >= 0.6 is 0 Å². The van der Waals surface area contributed by atoms with Crippen molar-refractivity contribution >= 4 is 16.9 Å². The fourth-order valence-corrected chi connectivity index (χ4v) is 2.20. The Hall–Kier alpha value is -2.62. The van der Waals surface area contributed by atoms with Crippen LogP contribution in [0.4, 0.5) is 4.39 Å². The van der Waals surface area contributed by atoms with Crippen molar-refractivity contribution in [2.75, 3.05) is 0 Å². The predicted octanol–water partition coefficient (Wildman–Crippen LogP) is 4.06. The minimum atomic E-state index is -0.297. The molecule has 1 atom stereocenters. The van der Waals surface area contributed by atoms with E-state index in [4.69, 9.17) is 4.42 Å². The molecule has 0 aliphatic heterocycles. The molecule has 0 aliphatic rings. The van der Waals surface area contributed by atoms with Gasteiger partial charge in [0.2, 0.25) is 0 Å². The van der Waals surface area contributed by atoms with Crippen molar-refractivity contribution in [1.82, 2.24) is 5.32 Å². The van der Waals surface area contributed by atoms with Crippen LogP contribution in [-0.2, 0) is 0 Å². The fourth-order valence-electron chi connectivity index (χ4n) is 2.20. The van der Waals surface area contributed by atoms with Crippen LogP contribution in [0.2, 0.25) is 0 Å². The van der Waals surface area contributed by atoms with E-state index in [1.165, 1.54) is 12.1 Å². The predicted molar refractivity (Wildman–Crippen MR) is 78.5 cm³/mol. The molecule has 0 saturated carbocycles. The zero-order valence-corrected chi connectivity index (χ0v) is 11.5. The van der Waals surface area contributed by atoms with Crippen molar-refractivity contribution < 1.29 is 13.6 Å². The zero-order valence-electron chi connectivity index (χ0n) is 11.5. The van der Waals surface area contributed by atoms with E-state index in [0.29, 0.717) is 5.58 Å². The molecule has 4 heteroatoms. The Morgan fingerprint density at radius 3 is 2.57 bits per heavy atom. The molecular weight excluding hydrogens is 269 g/mol. The first-order chi connectivity index (χ1) is 10.1. The maximum atomic E-state index is 12.9. The summed E-state index contributed by atoms with van der Waals surface area (Å²) in [6, 6.07) is 15.0. The number of amides is 1. The molecule has 3 rings (SSSR count). The van der Waals surface area contributed by atoms with Crippen LogP contribution in [0.25, 0.3) is 11.0 Å². The van der Waals surface area contributed by atoms with Gasteiger partial charge in [0.15, 0.2) is 5.76 Å². The highest BCUT2D eigenvalue weighted by Crippen LogP contribution is 2.20. The van der Waals surface area contributed by atoms with E-state index in [1.54, 1.807) is 18.2 Å². The average molecular weight is 283 g/mol. The highest BCUT2D eigenvalue weighted by molar-refractivity contribution is 5.96. The molecule has 1 heterocycles. The minimum absolute atomic E-state index is 0.230. The molecule has 1 N–H and O–H groups in total. The molecule has 106 valence electrons. The van der Waals surface area contributed by atoms with Gasteiger partial charge < -0.3 is 9.73 Å². The average Bonchev–Trinajstić information content (AvgIpc) is 2.92. The molecule has 0 aliphatic carbocycles. The summed E-state index contributed by atoms with van der Waals surface area (Å²) in [7, 11) is 0. The molecule has 2 aromatic carbocycles. The van der Waals surface area contributed by atoms with Crippen LogP contribution < -0.4 is 5.32 Å². The standard InChI is InChI=1S/C17H14FNO2/c1-11(12-6-8-14(18)9-7-12)19-17(20)16-10-13-4-2-3-5-15(13)21-16/h2-11H,1H3,(H,19,20). The van der Waals surface area contributed by atoms with Crippen molar-refractivity contribution in [3.8, 4) is 0 Å². The highest BCUT2D eigenvalue weighted by atomic mass is 19.1. The summed E-state index contributed by atoms with van der Waals surface area (Å²) in [5.74, 6) is -0.317. The highest BCUT2D eigenvalue weighted by Gasteiger charge is 2.15. The summed E-state index contributed by atoms with van der Waals surface area (Å²) in [5.41, 5.74) is 1.51. The van der Waals surface area contributed by atoms with Crippen LogP contribution in [0.3, 0.4) is 0 Å². The fraction of sp³-hybridized carbons (Fsp3) is 0.118. The number of nitrogens with one attached hydrogen (secondary N) is 1. The van der Waals surface area contributed by atoms with Gasteiger partial charge in [0, 0.05) is 5.39 Å². The number of hydrogen-bond donors (Lipinski definition) is 1. The van der Waals surface area contributed by atoms with Crippen LogP contribution in [0.15, 0.2) is 59.0 Å². The van der Waals surface area contributed by atoms with Crippen LogP contribution in [0.5, 0.6) is 0 Å². The van der Waals surface area contributed by atoms with E-state index in [2.05, 4.69) is 5.32 Å². The Labute approximate surface area is 121 Å². The Kier molecular flexibility index (Phi) is 3.44. The number of para-hydroxylation sites is 1. The first-order valence-electron chi connectivity index (χ1n) is 6.68. The lowest BCUT2D eigenvalue weighted by molar-refractivity contribution is 0.0914. The lowest BCUT2D eigenvalue weighted by atomic mass is 10.1. The molecule has 0 bridgehead atoms. The van der Waals surface area contributed by atoms with Crippen molar-refractivity contribution in [2.45, 2.75) is 13.0 Å². The van der Waals surface area contributed by atoms with Gasteiger partial charge in [-0.1, -0.05) is 30.3 Å². The van der Waals surface area contributed by atoms with Crippen molar-refractivity contribution in [3.05, 3.63) is 71.7 Å². The van der Waals surface area contributed by atoms with Gasteiger partial charge in [-0.3, -0.25) is 4.79 Å². The summed E-state index contributed by atoms with van der Waals surface area (Å²) in [5, 5.41) is 3.72. The van der Waals surface area contributed by atoms with Crippen molar-refractivity contribution in [2.24, 2.45) is 0 Å². The summed E-state index contributed by atoms with van der Waals surface area (Å²) in [6.45, 7) is 1.84. The second-order valence-electron chi connectivity index (χ2n) is 4.90. The van der Waals surface area contributed by atoms with Gasteiger partial charge in [-0.25, -0.2) is 4.39 Å². The number of carbonyl (C=O) groups is 1. The Balaban J connectivity index is 1.77. The van der Waals surface area contributed by atoms with Crippen LogP contribution in [0, 0.1) is 5.82 Å². The Morgan fingerprint density at radius 2 is 1.86 bits per heavy atom. The quantitative estimate of drug-likeness (QED) is 0.787. The molecule has 1 unspecified atom stereocenters. The molecular formula is C17H14FNO2. The summed E-state index contributed by atoms with van der Waals surface area (Å²) >= 11 is 0. The number of rotatable bonds is 3. The third kappa shape index (κ3) is 2.79. The van der Waals surface area contributed by atoms with Gasteiger partial charge >= 0.3 is 0 Å². The van der Waals surface area contributed by atoms with E-state index in [9.17, 15) is 9.18 Å². The van der Waals surface area contributed by atoms with E-state index in [1.807, 2.05) is 31.2 Å². The summed E-state index contributed by atoms with van der Waals surface area (Å²) in [4.78, 5) is 12.2. The molecule has 0 spiro atoms. The van der Waals surface area contributed by atoms with Crippen molar-refractivity contribution in [3.63, 3.8) is 0 Å². The molecule has 21 heavy (non-hydrogen) atoms. The minimum Gasteiger partial charge on any atom is -0.451 e. The number of fused-ring (bicyclic) bond motifs is 1.